The summed E-state index contributed by atoms with van der Waals surface area (Å²) in [6.45, 7) is 2.56. The predicted molar refractivity (Wildman–Crippen MR) is 95.9 cm³/mol. The van der Waals surface area contributed by atoms with Gasteiger partial charge in [-0.25, -0.2) is 4.79 Å². The van der Waals surface area contributed by atoms with Crippen LogP contribution in [0.3, 0.4) is 0 Å². The first-order valence-corrected chi connectivity index (χ1v) is 8.23. The molecule has 23 heavy (non-hydrogen) atoms. The number of fused-ring (bicyclic) bond motifs is 1. The van der Waals surface area contributed by atoms with E-state index in [1.54, 1.807) is 41.0 Å². The Balaban J connectivity index is 1.77. The fourth-order valence-corrected chi connectivity index (χ4v) is 3.39. The van der Waals surface area contributed by atoms with Gasteiger partial charge in [-0.1, -0.05) is 22.9 Å². The maximum atomic E-state index is 12.0. The van der Waals surface area contributed by atoms with Crippen molar-refractivity contribution in [2.45, 2.75) is 13.5 Å². The molecule has 0 saturated carbocycles. The minimum atomic E-state index is -0.353. The molecule has 1 heterocycles. The van der Waals surface area contributed by atoms with Gasteiger partial charge < -0.3 is 10.6 Å². The second-order valence-electron chi connectivity index (χ2n) is 4.88. The molecule has 2 N–H and O–H groups in total. The number of aromatic nitrogens is 1. The van der Waals surface area contributed by atoms with E-state index in [4.69, 9.17) is 11.6 Å². The molecule has 7 heteroatoms. The molecule has 0 saturated heterocycles. The molecule has 0 spiro atoms. The highest BCUT2D eigenvalue weighted by molar-refractivity contribution is 7.16. The number of benzene rings is 2. The largest absolute Gasteiger partial charge is 0.323 e. The van der Waals surface area contributed by atoms with E-state index in [2.05, 4.69) is 10.6 Å². The van der Waals surface area contributed by atoms with Crippen LogP contribution in [0.2, 0.25) is 5.02 Å². The average molecular weight is 348 g/mol. The summed E-state index contributed by atoms with van der Waals surface area (Å²) in [4.78, 5) is 23.9. The Bertz CT molecular complexity index is 915. The van der Waals surface area contributed by atoms with Crippen molar-refractivity contribution in [3.05, 3.63) is 57.2 Å². The van der Waals surface area contributed by atoms with Crippen LogP contribution in [0.4, 0.5) is 16.2 Å². The summed E-state index contributed by atoms with van der Waals surface area (Å²) in [5.74, 6) is 0. The van der Waals surface area contributed by atoms with Crippen molar-refractivity contribution in [1.82, 2.24) is 4.57 Å². The second kappa shape index (κ2) is 6.44. The van der Waals surface area contributed by atoms with E-state index in [0.717, 1.165) is 10.2 Å². The molecule has 0 aliphatic carbocycles. The minimum Gasteiger partial charge on any atom is -0.308 e. The van der Waals surface area contributed by atoms with Gasteiger partial charge >= 0.3 is 10.9 Å². The van der Waals surface area contributed by atoms with E-state index in [1.165, 1.54) is 11.3 Å². The van der Waals surface area contributed by atoms with Crippen molar-refractivity contribution in [3.8, 4) is 0 Å². The Hall–Kier alpha value is -2.31. The Labute approximate surface area is 141 Å². The van der Waals surface area contributed by atoms with Crippen LogP contribution in [0, 0.1) is 0 Å². The van der Waals surface area contributed by atoms with Crippen LogP contribution < -0.4 is 15.5 Å². The van der Waals surface area contributed by atoms with Crippen molar-refractivity contribution in [1.29, 1.82) is 0 Å². The quantitative estimate of drug-likeness (QED) is 0.738. The Morgan fingerprint density at radius 3 is 2.48 bits per heavy atom. The first-order valence-electron chi connectivity index (χ1n) is 7.04. The van der Waals surface area contributed by atoms with Gasteiger partial charge in [-0.05, 0) is 49.4 Å². The fraction of sp³-hybridized carbons (Fsp3) is 0.125. The van der Waals surface area contributed by atoms with E-state index in [1.807, 2.05) is 13.0 Å². The number of anilines is 2. The second-order valence-corrected chi connectivity index (χ2v) is 6.31. The van der Waals surface area contributed by atoms with Gasteiger partial charge in [0.1, 0.15) is 0 Å². The Morgan fingerprint density at radius 1 is 1.13 bits per heavy atom. The molecular weight excluding hydrogens is 334 g/mol. The third-order valence-corrected chi connectivity index (χ3v) is 4.54. The van der Waals surface area contributed by atoms with Gasteiger partial charge in [0.2, 0.25) is 0 Å². The number of hydrogen-bond acceptors (Lipinski definition) is 3. The maximum absolute atomic E-state index is 12.0. The number of carbonyl (C=O) groups excluding carboxylic acids is 1. The normalized spacial score (nSPS) is 10.7. The van der Waals surface area contributed by atoms with Gasteiger partial charge in [0, 0.05) is 22.9 Å². The van der Waals surface area contributed by atoms with Crippen LogP contribution in [0.1, 0.15) is 6.92 Å². The number of amides is 2. The Kier molecular flexibility index (Phi) is 4.36. The van der Waals surface area contributed by atoms with Crippen molar-refractivity contribution in [2.75, 3.05) is 10.6 Å². The highest BCUT2D eigenvalue weighted by Gasteiger charge is 2.08. The zero-order chi connectivity index (χ0) is 16.4. The molecule has 0 atom stereocenters. The first-order chi connectivity index (χ1) is 11.1. The highest BCUT2D eigenvalue weighted by atomic mass is 35.5. The number of carbonyl (C=O) groups is 1. The van der Waals surface area contributed by atoms with Crippen molar-refractivity contribution in [3.63, 3.8) is 0 Å². The molecule has 3 aromatic rings. The standard InChI is InChI=1S/C16H14ClN3O2S/c1-2-20-13-8-7-12(9-14(13)23-16(20)22)19-15(21)18-11-5-3-10(17)4-6-11/h3-9H,2H2,1H3,(H2,18,19,21). The SMILES string of the molecule is CCn1c(=O)sc2cc(NC(=O)Nc3ccc(Cl)cc3)ccc21. The zero-order valence-corrected chi connectivity index (χ0v) is 13.9. The number of rotatable bonds is 3. The molecule has 0 unspecified atom stereocenters. The minimum absolute atomic E-state index is 0.00488. The fourth-order valence-electron chi connectivity index (χ4n) is 2.27. The van der Waals surface area contributed by atoms with E-state index in [0.29, 0.717) is 22.9 Å². The van der Waals surface area contributed by atoms with Gasteiger partial charge in [0.15, 0.2) is 0 Å². The average Bonchev–Trinajstić information content (AvgIpc) is 2.83. The lowest BCUT2D eigenvalue weighted by atomic mass is 10.3. The lowest BCUT2D eigenvalue weighted by molar-refractivity contribution is 0.262. The van der Waals surface area contributed by atoms with E-state index < -0.39 is 0 Å². The molecule has 5 nitrogen and oxygen atoms in total. The third kappa shape index (κ3) is 3.38. The molecule has 1 aromatic heterocycles. The molecule has 2 amide bonds. The molecule has 0 aliphatic heterocycles. The molecule has 118 valence electrons. The lowest BCUT2D eigenvalue weighted by Crippen LogP contribution is -2.19. The van der Waals surface area contributed by atoms with Crippen LogP contribution in [0.15, 0.2) is 47.3 Å². The number of thiazole rings is 1. The van der Waals surface area contributed by atoms with Gasteiger partial charge in [-0.15, -0.1) is 0 Å². The van der Waals surface area contributed by atoms with Gasteiger partial charge in [0.05, 0.1) is 10.2 Å². The van der Waals surface area contributed by atoms with Crippen LogP contribution in [0.25, 0.3) is 10.2 Å². The highest BCUT2D eigenvalue weighted by Crippen LogP contribution is 2.22. The molecule has 2 aromatic carbocycles. The predicted octanol–water partition coefficient (Wildman–Crippen LogP) is 4.38. The number of urea groups is 1. The molecular formula is C16H14ClN3O2S. The van der Waals surface area contributed by atoms with Gasteiger partial charge in [0.25, 0.3) is 0 Å². The lowest BCUT2D eigenvalue weighted by Gasteiger charge is -2.08. The summed E-state index contributed by atoms with van der Waals surface area (Å²) in [5, 5.41) is 6.09. The van der Waals surface area contributed by atoms with Crippen LogP contribution in [-0.4, -0.2) is 10.6 Å². The molecule has 0 aliphatic rings. The topological polar surface area (TPSA) is 63.1 Å². The zero-order valence-electron chi connectivity index (χ0n) is 12.3. The molecule has 0 bridgehead atoms. The van der Waals surface area contributed by atoms with Crippen LogP contribution in [-0.2, 0) is 6.54 Å². The maximum Gasteiger partial charge on any atom is 0.323 e. The van der Waals surface area contributed by atoms with Gasteiger partial charge in [-0.3, -0.25) is 9.36 Å². The van der Waals surface area contributed by atoms with E-state index >= 15 is 0 Å². The third-order valence-electron chi connectivity index (χ3n) is 3.34. The number of aryl methyl sites for hydroxylation is 1. The number of nitrogens with zero attached hydrogens (tertiary/aromatic N) is 1. The number of hydrogen-bond donors (Lipinski definition) is 2. The number of halogens is 1. The van der Waals surface area contributed by atoms with Gasteiger partial charge in [-0.2, -0.15) is 0 Å². The smallest absolute Gasteiger partial charge is 0.308 e. The number of nitrogens with one attached hydrogen (secondary N) is 2. The van der Waals surface area contributed by atoms with Crippen LogP contribution >= 0.6 is 22.9 Å². The molecule has 0 fully saturated rings. The summed E-state index contributed by atoms with van der Waals surface area (Å²) in [7, 11) is 0. The summed E-state index contributed by atoms with van der Waals surface area (Å²) >= 11 is 6.98. The van der Waals surface area contributed by atoms with E-state index in [-0.39, 0.29) is 10.9 Å². The Morgan fingerprint density at radius 2 is 1.78 bits per heavy atom. The van der Waals surface area contributed by atoms with Crippen LogP contribution in [0.5, 0.6) is 0 Å². The molecule has 3 rings (SSSR count). The van der Waals surface area contributed by atoms with E-state index in [9.17, 15) is 9.59 Å². The monoisotopic (exact) mass is 347 g/mol. The van der Waals surface area contributed by atoms with Crippen molar-refractivity contribution < 1.29 is 4.79 Å². The summed E-state index contributed by atoms with van der Waals surface area (Å²) in [6, 6.07) is 11.9. The van der Waals surface area contributed by atoms with Crippen molar-refractivity contribution in [2.24, 2.45) is 0 Å². The van der Waals surface area contributed by atoms with Crippen molar-refractivity contribution >= 4 is 50.6 Å². The molecule has 0 radical (unpaired) electrons. The summed E-state index contributed by atoms with van der Waals surface area (Å²) in [5.41, 5.74) is 2.16. The summed E-state index contributed by atoms with van der Waals surface area (Å²) in [6.07, 6.45) is 0. The first kappa shape index (κ1) is 15.6. The summed E-state index contributed by atoms with van der Waals surface area (Å²) < 4.78 is 2.55.